The molecule has 0 bridgehead atoms. The zero-order valence-electron chi connectivity index (χ0n) is 8.07. The van der Waals surface area contributed by atoms with Gasteiger partial charge in [0.25, 0.3) is 0 Å². The second-order valence-electron chi connectivity index (χ2n) is 2.74. The average molecular weight is 198 g/mol. The third-order valence-electron chi connectivity index (χ3n) is 1.84. The number of aromatic nitrogens is 2. The van der Waals surface area contributed by atoms with Crippen molar-refractivity contribution in [1.82, 2.24) is 15.1 Å². The summed E-state index contributed by atoms with van der Waals surface area (Å²) >= 11 is 0. The highest BCUT2D eigenvalue weighted by Crippen LogP contribution is 2.21. The minimum Gasteiger partial charge on any atom is -0.339 e. The third kappa shape index (κ3) is 1.43. The summed E-state index contributed by atoms with van der Waals surface area (Å²) in [7, 11) is 1.44. The zero-order valence-corrected chi connectivity index (χ0v) is 8.07. The Labute approximate surface area is 79.9 Å². The van der Waals surface area contributed by atoms with Crippen molar-refractivity contribution in [2.24, 2.45) is 0 Å². The second kappa shape index (κ2) is 3.44. The first-order valence-electron chi connectivity index (χ1n) is 3.91. The van der Waals surface area contributed by atoms with Crippen LogP contribution in [0.3, 0.4) is 0 Å². The van der Waals surface area contributed by atoms with Gasteiger partial charge in [-0.1, -0.05) is 0 Å². The van der Waals surface area contributed by atoms with E-state index in [1.807, 2.05) is 0 Å². The summed E-state index contributed by atoms with van der Waals surface area (Å²) in [5.41, 5.74) is 0.344. The lowest BCUT2D eigenvalue weighted by molar-refractivity contribution is -0.386. The highest BCUT2D eigenvalue weighted by atomic mass is 16.6. The van der Waals surface area contributed by atoms with Gasteiger partial charge in [-0.15, -0.1) is 0 Å². The van der Waals surface area contributed by atoms with E-state index in [0.29, 0.717) is 0 Å². The van der Waals surface area contributed by atoms with Crippen LogP contribution in [-0.2, 0) is 0 Å². The molecule has 0 spiro atoms. The molecule has 0 unspecified atom stereocenters. The van der Waals surface area contributed by atoms with Gasteiger partial charge in [-0.2, -0.15) is 9.78 Å². The highest BCUT2D eigenvalue weighted by molar-refractivity contribution is 5.77. The van der Waals surface area contributed by atoms with Crippen molar-refractivity contribution < 1.29 is 9.72 Å². The van der Waals surface area contributed by atoms with E-state index >= 15 is 0 Å². The Kier molecular flexibility index (Phi) is 2.50. The van der Waals surface area contributed by atoms with Gasteiger partial charge in [-0.05, 0) is 13.8 Å². The van der Waals surface area contributed by atoms with E-state index in [2.05, 4.69) is 10.4 Å². The van der Waals surface area contributed by atoms with Crippen molar-refractivity contribution in [3.05, 3.63) is 21.5 Å². The predicted molar refractivity (Wildman–Crippen MR) is 48.2 cm³/mol. The van der Waals surface area contributed by atoms with Crippen LogP contribution in [0.1, 0.15) is 11.4 Å². The smallest absolute Gasteiger partial charge is 0.339 e. The molecule has 7 heteroatoms. The molecule has 0 fully saturated rings. The summed E-state index contributed by atoms with van der Waals surface area (Å²) in [6.07, 6.45) is 0. The molecule has 0 aromatic carbocycles. The number of hydrogen-bond donors (Lipinski definition) is 1. The van der Waals surface area contributed by atoms with Crippen molar-refractivity contribution in [3.8, 4) is 0 Å². The first-order chi connectivity index (χ1) is 6.49. The lowest BCUT2D eigenvalue weighted by atomic mass is 10.3. The van der Waals surface area contributed by atoms with Gasteiger partial charge < -0.3 is 5.32 Å². The Morgan fingerprint density at radius 2 is 2.14 bits per heavy atom. The molecule has 14 heavy (non-hydrogen) atoms. The van der Waals surface area contributed by atoms with Gasteiger partial charge in [0, 0.05) is 7.05 Å². The monoisotopic (exact) mass is 198 g/mol. The third-order valence-corrected chi connectivity index (χ3v) is 1.84. The molecule has 7 nitrogen and oxygen atoms in total. The van der Waals surface area contributed by atoms with E-state index in [-0.39, 0.29) is 17.1 Å². The second-order valence-corrected chi connectivity index (χ2v) is 2.74. The minimum absolute atomic E-state index is 0.117. The summed E-state index contributed by atoms with van der Waals surface area (Å²) in [6, 6.07) is -0.487. The lowest BCUT2D eigenvalue weighted by Crippen LogP contribution is -2.26. The molecule has 0 aliphatic rings. The van der Waals surface area contributed by atoms with E-state index in [1.54, 1.807) is 0 Å². The summed E-state index contributed by atoms with van der Waals surface area (Å²) in [4.78, 5) is 21.2. The first-order valence-corrected chi connectivity index (χ1v) is 3.91. The molecule has 1 amide bonds. The quantitative estimate of drug-likeness (QED) is 0.528. The van der Waals surface area contributed by atoms with E-state index in [4.69, 9.17) is 0 Å². The maximum atomic E-state index is 11.2. The maximum absolute atomic E-state index is 11.2. The number of hydrogen-bond acceptors (Lipinski definition) is 4. The van der Waals surface area contributed by atoms with E-state index < -0.39 is 11.0 Å². The topological polar surface area (TPSA) is 90.1 Å². The molecular weight excluding hydrogens is 188 g/mol. The predicted octanol–water partition coefficient (Wildman–Crippen LogP) is 0.596. The molecule has 1 rings (SSSR count). The van der Waals surface area contributed by atoms with Crippen LogP contribution in [0.25, 0.3) is 0 Å². The van der Waals surface area contributed by atoms with Crippen molar-refractivity contribution in [1.29, 1.82) is 0 Å². The molecule has 1 N–H and O–H groups in total. The van der Waals surface area contributed by atoms with E-state index in [9.17, 15) is 14.9 Å². The van der Waals surface area contributed by atoms with Crippen LogP contribution in [0, 0.1) is 24.0 Å². The van der Waals surface area contributed by atoms with Crippen LogP contribution in [-0.4, -0.2) is 27.8 Å². The van der Waals surface area contributed by atoms with Gasteiger partial charge in [0.1, 0.15) is 11.4 Å². The molecule has 0 saturated heterocycles. The molecule has 1 heterocycles. The van der Waals surface area contributed by atoms with Crippen LogP contribution in [0.5, 0.6) is 0 Å². The Hall–Kier alpha value is -1.92. The SMILES string of the molecule is CNC(=O)n1nc(C)c([N+](=O)[O-])c1C. The van der Waals surface area contributed by atoms with Gasteiger partial charge in [0.15, 0.2) is 0 Å². The molecule has 0 aliphatic heterocycles. The number of amides is 1. The first kappa shape index (κ1) is 10.2. The summed E-state index contributed by atoms with van der Waals surface area (Å²) in [6.45, 7) is 2.97. The Morgan fingerprint density at radius 3 is 2.50 bits per heavy atom. The van der Waals surface area contributed by atoms with Crippen LogP contribution in [0.2, 0.25) is 0 Å². The van der Waals surface area contributed by atoms with Gasteiger partial charge in [-0.3, -0.25) is 10.1 Å². The number of nitro groups is 1. The number of carbonyl (C=O) groups is 1. The van der Waals surface area contributed by atoms with Crippen molar-refractivity contribution in [2.75, 3.05) is 7.05 Å². The van der Waals surface area contributed by atoms with Gasteiger partial charge >= 0.3 is 11.7 Å². The largest absolute Gasteiger partial charge is 0.342 e. The average Bonchev–Trinajstić information content (AvgIpc) is 2.40. The van der Waals surface area contributed by atoms with Crippen molar-refractivity contribution >= 4 is 11.7 Å². The van der Waals surface area contributed by atoms with Crippen molar-refractivity contribution in [3.63, 3.8) is 0 Å². The van der Waals surface area contributed by atoms with Crippen LogP contribution >= 0.6 is 0 Å². The maximum Gasteiger partial charge on any atom is 0.342 e. The number of nitrogens with zero attached hydrogens (tertiary/aromatic N) is 3. The highest BCUT2D eigenvalue weighted by Gasteiger charge is 2.24. The van der Waals surface area contributed by atoms with Gasteiger partial charge in [0.05, 0.1) is 4.92 Å². The molecule has 1 aromatic heterocycles. The standard InChI is InChI=1S/C7H10N4O3/c1-4-6(11(13)14)5(2)10(9-4)7(12)8-3/h1-3H3,(H,8,12). The van der Waals surface area contributed by atoms with Gasteiger partial charge in [-0.25, -0.2) is 4.79 Å². The fourth-order valence-corrected chi connectivity index (χ4v) is 1.20. The Balaban J connectivity index is 3.30. The number of nitrogens with one attached hydrogen (secondary N) is 1. The zero-order chi connectivity index (χ0) is 10.9. The van der Waals surface area contributed by atoms with Crippen LogP contribution in [0.15, 0.2) is 0 Å². The van der Waals surface area contributed by atoms with Crippen LogP contribution < -0.4 is 5.32 Å². The normalized spacial score (nSPS) is 9.93. The molecule has 0 atom stereocenters. The molecule has 0 aliphatic carbocycles. The Bertz CT molecular complexity index is 396. The van der Waals surface area contributed by atoms with Gasteiger partial charge in [0.2, 0.25) is 0 Å². The Morgan fingerprint density at radius 1 is 1.57 bits per heavy atom. The molecular formula is C7H10N4O3. The molecule has 0 radical (unpaired) electrons. The molecule has 1 aromatic rings. The number of aryl methyl sites for hydroxylation is 1. The van der Waals surface area contributed by atoms with E-state index in [0.717, 1.165) is 4.68 Å². The lowest BCUT2D eigenvalue weighted by Gasteiger charge is -1.98. The van der Waals surface area contributed by atoms with Crippen LogP contribution in [0.4, 0.5) is 10.5 Å². The number of carbonyl (C=O) groups excluding carboxylic acids is 1. The summed E-state index contributed by atoms with van der Waals surface area (Å²) in [5, 5.41) is 16.7. The summed E-state index contributed by atoms with van der Waals surface area (Å²) in [5.74, 6) is 0. The van der Waals surface area contributed by atoms with E-state index in [1.165, 1.54) is 20.9 Å². The minimum atomic E-state index is -0.545. The molecule has 76 valence electrons. The number of rotatable bonds is 1. The fraction of sp³-hybridized carbons (Fsp3) is 0.429. The molecule has 0 saturated carbocycles. The van der Waals surface area contributed by atoms with Crippen molar-refractivity contribution in [2.45, 2.75) is 13.8 Å². The fourth-order valence-electron chi connectivity index (χ4n) is 1.20. The summed E-state index contributed by atoms with van der Waals surface area (Å²) < 4.78 is 0.980.